The molecule has 140 valence electrons. The van der Waals surface area contributed by atoms with Crippen LogP contribution < -0.4 is 5.56 Å². The second-order valence-electron chi connectivity index (χ2n) is 7.44. The van der Waals surface area contributed by atoms with E-state index >= 15 is 0 Å². The summed E-state index contributed by atoms with van der Waals surface area (Å²) in [4.78, 5) is 31.1. The fourth-order valence-electron chi connectivity index (χ4n) is 3.09. The van der Waals surface area contributed by atoms with Crippen LogP contribution in [0.15, 0.2) is 27.7 Å². The molecular formula is C18H21BrClN3O3. The Balaban J connectivity index is 1.79. The summed E-state index contributed by atoms with van der Waals surface area (Å²) >= 11 is 9.61. The third-order valence-corrected chi connectivity index (χ3v) is 5.07. The SMILES string of the molecule is CC(C)(C)OC(=O)N1CCC(n2cnc3cc(Br)cc(Cl)c3c2=O)CC1. The molecule has 2 aromatic rings. The zero-order valence-electron chi connectivity index (χ0n) is 15.0. The lowest BCUT2D eigenvalue weighted by Gasteiger charge is -2.34. The van der Waals surface area contributed by atoms with Crippen molar-refractivity contribution in [2.24, 2.45) is 0 Å². The molecule has 0 unspecified atom stereocenters. The van der Waals surface area contributed by atoms with Gasteiger partial charge in [-0.15, -0.1) is 0 Å². The van der Waals surface area contributed by atoms with E-state index in [1.165, 1.54) is 0 Å². The van der Waals surface area contributed by atoms with Gasteiger partial charge in [-0.2, -0.15) is 0 Å². The second-order valence-corrected chi connectivity index (χ2v) is 8.76. The Kier molecular flexibility index (Phi) is 5.30. The highest BCUT2D eigenvalue weighted by Gasteiger charge is 2.28. The Bertz CT molecular complexity index is 899. The molecule has 0 N–H and O–H groups in total. The Hall–Kier alpha value is -1.60. The van der Waals surface area contributed by atoms with Crippen LogP contribution in [0.3, 0.4) is 0 Å². The molecule has 26 heavy (non-hydrogen) atoms. The maximum absolute atomic E-state index is 12.9. The molecule has 1 amide bonds. The van der Waals surface area contributed by atoms with E-state index in [4.69, 9.17) is 16.3 Å². The van der Waals surface area contributed by atoms with Gasteiger partial charge in [-0.25, -0.2) is 9.78 Å². The first-order chi connectivity index (χ1) is 12.2. The number of carbonyl (C=O) groups excluding carboxylic acids is 1. The van der Waals surface area contributed by atoms with E-state index in [-0.39, 0.29) is 17.7 Å². The number of nitrogens with zero attached hydrogens (tertiary/aromatic N) is 3. The van der Waals surface area contributed by atoms with Crippen molar-refractivity contribution < 1.29 is 9.53 Å². The summed E-state index contributed by atoms with van der Waals surface area (Å²) in [7, 11) is 0. The van der Waals surface area contributed by atoms with E-state index < -0.39 is 5.60 Å². The molecule has 1 fully saturated rings. The average molecular weight is 443 g/mol. The summed E-state index contributed by atoms with van der Waals surface area (Å²) in [5.74, 6) is 0. The molecule has 1 aromatic heterocycles. The molecular weight excluding hydrogens is 422 g/mol. The molecule has 6 nitrogen and oxygen atoms in total. The average Bonchev–Trinajstić information content (AvgIpc) is 2.53. The van der Waals surface area contributed by atoms with Crippen molar-refractivity contribution >= 4 is 44.5 Å². The minimum atomic E-state index is -0.516. The molecule has 0 spiro atoms. The van der Waals surface area contributed by atoms with Crippen LogP contribution in [0.1, 0.15) is 39.7 Å². The molecule has 0 bridgehead atoms. The fraction of sp³-hybridized carbons (Fsp3) is 0.500. The minimum Gasteiger partial charge on any atom is -0.444 e. The van der Waals surface area contributed by atoms with Gasteiger partial charge in [-0.3, -0.25) is 9.36 Å². The van der Waals surface area contributed by atoms with Gasteiger partial charge in [0.05, 0.1) is 22.3 Å². The van der Waals surface area contributed by atoms with E-state index in [0.29, 0.717) is 41.9 Å². The van der Waals surface area contributed by atoms with Gasteiger partial charge < -0.3 is 9.64 Å². The zero-order chi connectivity index (χ0) is 19.1. The van der Waals surface area contributed by atoms with Crippen molar-refractivity contribution in [2.75, 3.05) is 13.1 Å². The van der Waals surface area contributed by atoms with Crippen molar-refractivity contribution in [3.8, 4) is 0 Å². The lowest BCUT2D eigenvalue weighted by Crippen LogP contribution is -2.43. The highest BCUT2D eigenvalue weighted by molar-refractivity contribution is 9.10. The van der Waals surface area contributed by atoms with E-state index in [1.54, 1.807) is 27.9 Å². The second kappa shape index (κ2) is 7.19. The van der Waals surface area contributed by atoms with Gasteiger partial charge in [0.2, 0.25) is 0 Å². The number of ether oxygens (including phenoxy) is 1. The number of piperidine rings is 1. The Morgan fingerprint density at radius 1 is 1.31 bits per heavy atom. The first-order valence-corrected chi connectivity index (χ1v) is 9.66. The van der Waals surface area contributed by atoms with Crippen LogP contribution in [-0.4, -0.2) is 39.2 Å². The summed E-state index contributed by atoms with van der Waals surface area (Å²) in [5, 5.41) is 0.805. The highest BCUT2D eigenvalue weighted by atomic mass is 79.9. The highest BCUT2D eigenvalue weighted by Crippen LogP contribution is 2.27. The maximum Gasteiger partial charge on any atom is 0.410 e. The minimum absolute atomic E-state index is 0.0159. The number of rotatable bonds is 1. The number of amides is 1. The van der Waals surface area contributed by atoms with Gasteiger partial charge in [-0.05, 0) is 45.7 Å². The van der Waals surface area contributed by atoms with Crippen LogP contribution in [0.25, 0.3) is 10.9 Å². The first kappa shape index (κ1) is 19.2. The fourth-order valence-corrected chi connectivity index (χ4v) is 3.97. The van der Waals surface area contributed by atoms with Gasteiger partial charge in [0.25, 0.3) is 5.56 Å². The molecule has 0 atom stereocenters. The number of hydrogen-bond donors (Lipinski definition) is 0. The quantitative estimate of drug-likeness (QED) is 0.657. The molecule has 0 aliphatic carbocycles. The van der Waals surface area contributed by atoms with Gasteiger partial charge in [0.15, 0.2) is 0 Å². The number of hydrogen-bond acceptors (Lipinski definition) is 4. The molecule has 0 saturated carbocycles. The largest absolute Gasteiger partial charge is 0.444 e. The zero-order valence-corrected chi connectivity index (χ0v) is 17.3. The van der Waals surface area contributed by atoms with E-state index in [0.717, 1.165) is 4.47 Å². The first-order valence-electron chi connectivity index (χ1n) is 8.49. The van der Waals surface area contributed by atoms with Crippen LogP contribution in [0.2, 0.25) is 5.02 Å². The Labute approximate surface area is 165 Å². The summed E-state index contributed by atoms with van der Waals surface area (Å²) in [6.45, 7) is 6.62. The molecule has 3 rings (SSSR count). The van der Waals surface area contributed by atoms with Gasteiger partial charge in [0.1, 0.15) is 5.60 Å². The molecule has 2 heterocycles. The lowest BCUT2D eigenvalue weighted by molar-refractivity contribution is 0.0187. The van der Waals surface area contributed by atoms with Crippen molar-refractivity contribution in [1.29, 1.82) is 0 Å². The van der Waals surface area contributed by atoms with Gasteiger partial charge in [-0.1, -0.05) is 27.5 Å². The van der Waals surface area contributed by atoms with E-state index in [2.05, 4.69) is 20.9 Å². The van der Waals surface area contributed by atoms with Crippen LogP contribution in [0.5, 0.6) is 0 Å². The molecule has 1 aromatic carbocycles. The summed E-state index contributed by atoms with van der Waals surface area (Å²) in [6, 6.07) is 3.46. The van der Waals surface area contributed by atoms with Crippen LogP contribution >= 0.6 is 27.5 Å². The van der Waals surface area contributed by atoms with Crippen LogP contribution in [0.4, 0.5) is 4.79 Å². The number of fused-ring (bicyclic) bond motifs is 1. The normalized spacial score (nSPS) is 16.1. The van der Waals surface area contributed by atoms with Crippen LogP contribution in [-0.2, 0) is 4.74 Å². The predicted octanol–water partition coefficient (Wildman–Crippen LogP) is 4.38. The predicted molar refractivity (Wildman–Crippen MR) is 105 cm³/mol. The van der Waals surface area contributed by atoms with Gasteiger partial charge in [0, 0.05) is 23.6 Å². The van der Waals surface area contributed by atoms with Crippen LogP contribution in [0, 0.1) is 0 Å². The van der Waals surface area contributed by atoms with E-state index in [1.807, 2.05) is 20.8 Å². The number of benzene rings is 1. The van der Waals surface area contributed by atoms with Crippen molar-refractivity contribution in [1.82, 2.24) is 14.5 Å². The van der Waals surface area contributed by atoms with Gasteiger partial charge >= 0.3 is 6.09 Å². The topological polar surface area (TPSA) is 64.4 Å². The molecule has 8 heteroatoms. The Morgan fingerprint density at radius 3 is 2.58 bits per heavy atom. The maximum atomic E-state index is 12.9. The third kappa shape index (κ3) is 4.04. The standard InChI is InChI=1S/C18H21BrClN3O3/c1-18(2,3)26-17(25)22-6-4-12(5-7-22)23-10-21-14-9-11(19)8-13(20)15(14)16(23)24/h8-10,12H,4-7H2,1-3H3. The smallest absolute Gasteiger partial charge is 0.410 e. The third-order valence-electron chi connectivity index (χ3n) is 4.31. The summed E-state index contributed by atoms with van der Waals surface area (Å²) < 4.78 is 7.83. The van der Waals surface area contributed by atoms with Crippen molar-refractivity contribution in [3.05, 3.63) is 38.3 Å². The molecule has 1 saturated heterocycles. The number of halogens is 2. The van der Waals surface area contributed by atoms with Crippen molar-refractivity contribution in [3.63, 3.8) is 0 Å². The summed E-state index contributed by atoms with van der Waals surface area (Å²) in [5.41, 5.74) is -0.0990. The van der Waals surface area contributed by atoms with E-state index in [9.17, 15) is 9.59 Å². The number of aromatic nitrogens is 2. The molecule has 1 aliphatic rings. The number of carbonyl (C=O) groups is 1. The van der Waals surface area contributed by atoms with Crippen molar-refractivity contribution in [2.45, 2.75) is 45.3 Å². The molecule has 0 radical (unpaired) electrons. The lowest BCUT2D eigenvalue weighted by atomic mass is 10.0. The molecule has 1 aliphatic heterocycles. The number of likely N-dealkylation sites (tertiary alicyclic amines) is 1. The monoisotopic (exact) mass is 441 g/mol. The summed E-state index contributed by atoms with van der Waals surface area (Å²) in [6.07, 6.45) is 2.59. The Morgan fingerprint density at radius 2 is 1.96 bits per heavy atom.